The average Bonchev–Trinajstić information content (AvgIpc) is 2.76. The molecule has 0 fully saturated rings. The fourth-order valence-corrected chi connectivity index (χ4v) is 2.04. The molecule has 0 unspecified atom stereocenters. The van der Waals surface area contributed by atoms with Crippen molar-refractivity contribution >= 4 is 23.7 Å². The number of halogens is 2. The third-order valence-electron chi connectivity index (χ3n) is 3.55. The molecule has 180 valence electrons. The summed E-state index contributed by atoms with van der Waals surface area (Å²) in [5.41, 5.74) is 0.853. The van der Waals surface area contributed by atoms with Crippen LogP contribution in [0.1, 0.15) is 54.8 Å². The molecule has 0 heterocycles. The number of esters is 1. The normalized spacial score (nSPS) is 9.27. The lowest BCUT2D eigenvalue weighted by atomic mass is 10.1. The summed E-state index contributed by atoms with van der Waals surface area (Å²) in [6, 6.07) is 10.5. The fraction of sp³-hybridized carbons (Fsp3) is 0.333. The Hall–Kier alpha value is -3.62. The van der Waals surface area contributed by atoms with Gasteiger partial charge in [-0.05, 0) is 76.2 Å². The first kappa shape index (κ1) is 29.4. The molecule has 0 atom stereocenters. The van der Waals surface area contributed by atoms with Gasteiger partial charge in [0.1, 0.15) is 18.1 Å². The maximum atomic E-state index is 12.5. The van der Waals surface area contributed by atoms with Crippen molar-refractivity contribution in [3.63, 3.8) is 0 Å². The van der Waals surface area contributed by atoms with Crippen LogP contribution in [0.25, 0.3) is 0 Å². The first-order valence-electron chi connectivity index (χ1n) is 10.1. The molecular formula is C24H28F2O7. The molecule has 0 spiro atoms. The van der Waals surface area contributed by atoms with Crippen LogP contribution in [0.5, 0.6) is 0 Å². The highest BCUT2D eigenvalue weighted by Gasteiger charge is 2.12. The average molecular weight is 466 g/mol. The monoisotopic (exact) mass is 466 g/mol. The Morgan fingerprint density at radius 1 is 0.667 bits per heavy atom. The van der Waals surface area contributed by atoms with Gasteiger partial charge in [0.25, 0.3) is 0 Å². The van der Waals surface area contributed by atoms with E-state index in [9.17, 15) is 28.0 Å². The van der Waals surface area contributed by atoms with Gasteiger partial charge in [-0.2, -0.15) is 0 Å². The summed E-state index contributed by atoms with van der Waals surface area (Å²) in [4.78, 5) is 43.2. The first-order valence-corrected chi connectivity index (χ1v) is 10.1. The number of carbonyl (C=O) groups is 4. The molecule has 0 bridgehead atoms. The Labute approximate surface area is 191 Å². The standard InChI is InChI=1S/C11H11FO3.C8H7FO.C5H10O3/c1-2-15-11(14)7-10(13)8-3-5-9(12)6-4-8;1-6(10)7-2-4-8(9)5-3-7;1-3-7-5(6)8-4-2/h3-6H,2,7H2,1H3;2-5H,1H3;3-4H2,1-2H3. The minimum absolute atomic E-state index is 0.0417. The van der Waals surface area contributed by atoms with Crippen LogP contribution in [0, 0.1) is 11.6 Å². The molecule has 0 saturated heterocycles. The lowest BCUT2D eigenvalue weighted by Gasteiger charge is -2.01. The van der Waals surface area contributed by atoms with Gasteiger partial charge in [-0.3, -0.25) is 14.4 Å². The molecule has 0 aliphatic rings. The van der Waals surface area contributed by atoms with Gasteiger partial charge in [0.2, 0.25) is 0 Å². The Kier molecular flexibility index (Phi) is 15.1. The Bertz CT molecular complexity index is 871. The van der Waals surface area contributed by atoms with Gasteiger partial charge in [0, 0.05) is 11.1 Å². The zero-order chi connectivity index (χ0) is 25.2. The molecule has 0 saturated carbocycles. The summed E-state index contributed by atoms with van der Waals surface area (Å²) in [7, 11) is 0. The second-order valence-electron chi connectivity index (χ2n) is 6.09. The van der Waals surface area contributed by atoms with Crippen molar-refractivity contribution in [2.75, 3.05) is 19.8 Å². The number of hydrogen-bond acceptors (Lipinski definition) is 7. The minimum atomic E-state index is -0.588. The van der Waals surface area contributed by atoms with Gasteiger partial charge in [-0.25, -0.2) is 13.6 Å². The van der Waals surface area contributed by atoms with Gasteiger partial charge in [0.05, 0.1) is 19.8 Å². The number of ether oxygens (including phenoxy) is 3. The van der Waals surface area contributed by atoms with Crippen molar-refractivity contribution in [1.29, 1.82) is 0 Å². The topological polar surface area (TPSA) is 96.0 Å². The van der Waals surface area contributed by atoms with E-state index in [1.54, 1.807) is 20.8 Å². The van der Waals surface area contributed by atoms with Crippen molar-refractivity contribution in [3.8, 4) is 0 Å². The van der Waals surface area contributed by atoms with Crippen LogP contribution in [0.4, 0.5) is 13.6 Å². The molecule has 0 amide bonds. The molecular weight excluding hydrogens is 438 g/mol. The maximum absolute atomic E-state index is 12.5. The SMILES string of the molecule is CC(=O)c1ccc(F)cc1.CCOC(=O)CC(=O)c1ccc(F)cc1.CCOC(=O)OCC. The third kappa shape index (κ3) is 14.1. The fourth-order valence-electron chi connectivity index (χ4n) is 2.04. The molecule has 0 aliphatic carbocycles. The van der Waals surface area contributed by atoms with Gasteiger partial charge in [-0.1, -0.05) is 0 Å². The van der Waals surface area contributed by atoms with Crippen LogP contribution in [-0.4, -0.2) is 43.5 Å². The molecule has 33 heavy (non-hydrogen) atoms. The Morgan fingerprint density at radius 2 is 1.06 bits per heavy atom. The van der Waals surface area contributed by atoms with Gasteiger partial charge in [0.15, 0.2) is 11.6 Å². The highest BCUT2D eigenvalue weighted by atomic mass is 19.1. The van der Waals surface area contributed by atoms with E-state index in [4.69, 9.17) is 0 Å². The van der Waals surface area contributed by atoms with E-state index >= 15 is 0 Å². The molecule has 7 nitrogen and oxygen atoms in total. The smallest absolute Gasteiger partial charge is 0.466 e. The van der Waals surface area contributed by atoms with E-state index in [2.05, 4.69) is 14.2 Å². The number of carbonyl (C=O) groups excluding carboxylic acids is 4. The van der Waals surface area contributed by atoms with E-state index in [1.807, 2.05) is 0 Å². The molecule has 0 N–H and O–H groups in total. The molecule has 0 aromatic heterocycles. The Balaban J connectivity index is 0.000000495. The van der Waals surface area contributed by atoms with Crippen LogP contribution < -0.4 is 0 Å². The molecule has 0 aliphatic heterocycles. The summed E-state index contributed by atoms with van der Waals surface area (Å²) < 4.78 is 38.2. The minimum Gasteiger partial charge on any atom is -0.466 e. The quantitative estimate of drug-likeness (QED) is 0.316. The zero-order valence-electron chi connectivity index (χ0n) is 19.1. The van der Waals surface area contributed by atoms with Crippen molar-refractivity contribution in [3.05, 3.63) is 71.3 Å². The van der Waals surface area contributed by atoms with Crippen LogP contribution in [0.15, 0.2) is 48.5 Å². The Morgan fingerprint density at radius 3 is 1.42 bits per heavy atom. The molecule has 2 aromatic carbocycles. The van der Waals surface area contributed by atoms with Gasteiger partial charge < -0.3 is 14.2 Å². The van der Waals surface area contributed by atoms with Crippen molar-refractivity contribution < 1.29 is 42.2 Å². The highest BCUT2D eigenvalue weighted by molar-refractivity contribution is 6.05. The number of ketones is 2. The first-order chi connectivity index (χ1) is 15.6. The third-order valence-corrected chi connectivity index (χ3v) is 3.55. The predicted molar refractivity (Wildman–Crippen MR) is 117 cm³/mol. The zero-order valence-corrected chi connectivity index (χ0v) is 19.1. The van der Waals surface area contributed by atoms with Crippen LogP contribution >= 0.6 is 0 Å². The summed E-state index contributed by atoms with van der Waals surface area (Å²) in [5.74, 6) is -1.70. The lowest BCUT2D eigenvalue weighted by Crippen LogP contribution is -2.11. The van der Waals surface area contributed by atoms with Crippen LogP contribution in [0.3, 0.4) is 0 Å². The molecule has 9 heteroatoms. The van der Waals surface area contributed by atoms with Crippen LogP contribution in [-0.2, 0) is 19.0 Å². The van der Waals surface area contributed by atoms with Gasteiger partial charge >= 0.3 is 12.1 Å². The lowest BCUT2D eigenvalue weighted by molar-refractivity contribution is -0.141. The number of benzene rings is 2. The maximum Gasteiger partial charge on any atom is 0.508 e. The summed E-state index contributed by atoms with van der Waals surface area (Å²) in [6.45, 7) is 7.58. The predicted octanol–water partition coefficient (Wildman–Crippen LogP) is 5.17. The second kappa shape index (κ2) is 17.0. The number of hydrogen-bond donors (Lipinski definition) is 0. The van der Waals surface area contributed by atoms with Crippen molar-refractivity contribution in [1.82, 2.24) is 0 Å². The van der Waals surface area contributed by atoms with Crippen molar-refractivity contribution in [2.24, 2.45) is 0 Å². The molecule has 2 rings (SSSR count). The van der Waals surface area contributed by atoms with E-state index < -0.39 is 17.9 Å². The second-order valence-corrected chi connectivity index (χ2v) is 6.09. The van der Waals surface area contributed by atoms with Crippen LogP contribution in [0.2, 0.25) is 0 Å². The number of rotatable bonds is 7. The largest absolute Gasteiger partial charge is 0.508 e. The van der Waals surface area contributed by atoms with Gasteiger partial charge in [-0.15, -0.1) is 0 Å². The van der Waals surface area contributed by atoms with E-state index in [1.165, 1.54) is 55.5 Å². The summed E-state index contributed by atoms with van der Waals surface area (Å²) in [5, 5.41) is 0. The molecule has 0 radical (unpaired) electrons. The summed E-state index contributed by atoms with van der Waals surface area (Å²) in [6.07, 6.45) is -0.894. The highest BCUT2D eigenvalue weighted by Crippen LogP contribution is 2.06. The summed E-state index contributed by atoms with van der Waals surface area (Å²) >= 11 is 0. The van der Waals surface area contributed by atoms with E-state index in [-0.39, 0.29) is 30.4 Å². The number of Topliss-reactive ketones (excluding diaryl/α,β-unsaturated/α-hetero) is 2. The molecule has 2 aromatic rings. The van der Waals surface area contributed by atoms with E-state index in [0.29, 0.717) is 24.3 Å². The van der Waals surface area contributed by atoms with Crippen molar-refractivity contribution in [2.45, 2.75) is 34.1 Å². The van der Waals surface area contributed by atoms with E-state index in [0.717, 1.165) is 0 Å².